The van der Waals surface area contributed by atoms with E-state index in [1.807, 2.05) is 36.4 Å². The van der Waals surface area contributed by atoms with E-state index < -0.39 is 0 Å². The van der Waals surface area contributed by atoms with Crippen molar-refractivity contribution in [2.75, 3.05) is 7.11 Å². The highest BCUT2D eigenvalue weighted by atomic mass is 16.5. The van der Waals surface area contributed by atoms with Gasteiger partial charge in [0.05, 0.1) is 12.7 Å². The van der Waals surface area contributed by atoms with E-state index in [0.29, 0.717) is 12.1 Å². The lowest BCUT2D eigenvalue weighted by Gasteiger charge is -2.07. The van der Waals surface area contributed by atoms with E-state index in [0.717, 1.165) is 16.9 Å². The molecule has 0 bridgehead atoms. The zero-order valence-corrected chi connectivity index (χ0v) is 11.3. The van der Waals surface area contributed by atoms with Gasteiger partial charge in [0.25, 0.3) is 0 Å². The number of nitrogens with two attached hydrogens (primary N) is 1. The fourth-order valence-corrected chi connectivity index (χ4v) is 1.77. The van der Waals surface area contributed by atoms with Gasteiger partial charge in [-0.05, 0) is 35.4 Å². The molecule has 0 atom stereocenters. The van der Waals surface area contributed by atoms with E-state index in [9.17, 15) is 4.79 Å². The van der Waals surface area contributed by atoms with Crippen LogP contribution in [0.2, 0.25) is 0 Å². The number of esters is 1. The third-order valence-corrected chi connectivity index (χ3v) is 2.93. The third kappa shape index (κ3) is 3.59. The van der Waals surface area contributed by atoms with Crippen molar-refractivity contribution in [2.24, 2.45) is 5.73 Å². The summed E-state index contributed by atoms with van der Waals surface area (Å²) in [6, 6.07) is 14.5. The van der Waals surface area contributed by atoms with Crippen LogP contribution in [-0.4, -0.2) is 13.1 Å². The average Bonchev–Trinajstić information content (AvgIpc) is 2.53. The first-order chi connectivity index (χ1) is 9.72. The number of hydrogen-bond donors (Lipinski definition) is 1. The smallest absolute Gasteiger partial charge is 0.338 e. The number of benzene rings is 2. The van der Waals surface area contributed by atoms with Crippen LogP contribution >= 0.6 is 0 Å². The van der Waals surface area contributed by atoms with E-state index in [2.05, 4.69) is 0 Å². The fraction of sp³-hybridized carbons (Fsp3) is 0.188. The van der Waals surface area contributed by atoms with Gasteiger partial charge in [0.1, 0.15) is 12.4 Å². The first-order valence-electron chi connectivity index (χ1n) is 6.32. The Balaban J connectivity index is 1.97. The molecular formula is C16H17NO3. The molecule has 0 amide bonds. The Kier molecular flexibility index (Phi) is 4.74. The Morgan fingerprint density at radius 1 is 1.10 bits per heavy atom. The van der Waals surface area contributed by atoms with Gasteiger partial charge in [0, 0.05) is 6.54 Å². The Labute approximate surface area is 118 Å². The first kappa shape index (κ1) is 14.1. The van der Waals surface area contributed by atoms with Crippen LogP contribution in [0.5, 0.6) is 5.75 Å². The van der Waals surface area contributed by atoms with Gasteiger partial charge in [0.2, 0.25) is 0 Å². The summed E-state index contributed by atoms with van der Waals surface area (Å²) in [5.41, 5.74) is 7.89. The van der Waals surface area contributed by atoms with Crippen molar-refractivity contribution in [1.29, 1.82) is 0 Å². The second kappa shape index (κ2) is 6.73. The third-order valence-electron chi connectivity index (χ3n) is 2.93. The molecule has 20 heavy (non-hydrogen) atoms. The summed E-state index contributed by atoms with van der Waals surface area (Å²) in [6.45, 7) is 0.674. The molecule has 104 valence electrons. The zero-order chi connectivity index (χ0) is 14.4. The molecule has 0 unspecified atom stereocenters. The summed E-state index contributed by atoms with van der Waals surface area (Å²) in [4.78, 5) is 11.9. The number of ether oxygens (including phenoxy) is 2. The molecule has 4 nitrogen and oxygen atoms in total. The Morgan fingerprint density at radius 2 is 1.85 bits per heavy atom. The molecule has 2 aromatic rings. The van der Waals surface area contributed by atoms with Gasteiger partial charge in [-0.2, -0.15) is 0 Å². The van der Waals surface area contributed by atoms with E-state index in [-0.39, 0.29) is 12.6 Å². The molecule has 0 heterocycles. The minimum atomic E-state index is -0.351. The second-order valence-corrected chi connectivity index (χ2v) is 4.33. The lowest BCUT2D eigenvalue weighted by molar-refractivity contribution is 0.0472. The average molecular weight is 271 g/mol. The van der Waals surface area contributed by atoms with Crippen molar-refractivity contribution < 1.29 is 14.3 Å². The van der Waals surface area contributed by atoms with Crippen molar-refractivity contribution in [3.05, 3.63) is 65.2 Å². The van der Waals surface area contributed by atoms with Crippen LogP contribution in [0.3, 0.4) is 0 Å². The monoisotopic (exact) mass is 271 g/mol. The fourth-order valence-electron chi connectivity index (χ4n) is 1.77. The minimum Gasteiger partial charge on any atom is -0.497 e. The maximum absolute atomic E-state index is 11.9. The van der Waals surface area contributed by atoms with E-state index >= 15 is 0 Å². The minimum absolute atomic E-state index is 0.217. The normalized spacial score (nSPS) is 10.1. The van der Waals surface area contributed by atoms with Crippen LogP contribution in [0, 0.1) is 0 Å². The SMILES string of the molecule is COc1cccc(COC(=O)c2ccc(CN)cc2)c1. The molecule has 0 aromatic heterocycles. The molecule has 0 fully saturated rings. The molecule has 0 saturated carbocycles. The van der Waals surface area contributed by atoms with Crippen molar-refractivity contribution in [2.45, 2.75) is 13.2 Å². The largest absolute Gasteiger partial charge is 0.497 e. The van der Waals surface area contributed by atoms with Crippen LogP contribution < -0.4 is 10.5 Å². The van der Waals surface area contributed by atoms with Gasteiger partial charge in [-0.3, -0.25) is 0 Å². The maximum atomic E-state index is 11.9. The number of carbonyl (C=O) groups is 1. The molecule has 2 N–H and O–H groups in total. The summed E-state index contributed by atoms with van der Waals surface area (Å²) in [6.07, 6.45) is 0. The van der Waals surface area contributed by atoms with Crippen molar-refractivity contribution in [3.63, 3.8) is 0 Å². The van der Waals surface area contributed by atoms with Crippen LogP contribution in [0.25, 0.3) is 0 Å². The lowest BCUT2D eigenvalue weighted by atomic mass is 10.1. The Bertz CT molecular complexity index is 579. The summed E-state index contributed by atoms with van der Waals surface area (Å²) < 4.78 is 10.4. The van der Waals surface area contributed by atoms with E-state index in [1.165, 1.54) is 0 Å². The lowest BCUT2D eigenvalue weighted by Crippen LogP contribution is -2.06. The molecule has 2 aromatic carbocycles. The predicted molar refractivity (Wildman–Crippen MR) is 76.4 cm³/mol. The molecule has 0 saturated heterocycles. The van der Waals surface area contributed by atoms with Crippen molar-refractivity contribution in [3.8, 4) is 5.75 Å². The molecule has 4 heteroatoms. The molecule has 0 radical (unpaired) electrons. The molecule has 0 aliphatic heterocycles. The maximum Gasteiger partial charge on any atom is 0.338 e. The molecule has 0 aliphatic rings. The van der Waals surface area contributed by atoms with Gasteiger partial charge < -0.3 is 15.2 Å². The quantitative estimate of drug-likeness (QED) is 0.849. The number of carbonyl (C=O) groups excluding carboxylic acids is 1. The standard InChI is InChI=1S/C16H17NO3/c1-19-15-4-2-3-13(9-15)11-20-16(18)14-7-5-12(10-17)6-8-14/h2-9H,10-11,17H2,1H3. The number of hydrogen-bond acceptors (Lipinski definition) is 4. The highest BCUT2D eigenvalue weighted by Gasteiger charge is 2.07. The second-order valence-electron chi connectivity index (χ2n) is 4.33. The van der Waals surface area contributed by atoms with Gasteiger partial charge >= 0.3 is 5.97 Å². The topological polar surface area (TPSA) is 61.5 Å². The van der Waals surface area contributed by atoms with E-state index in [4.69, 9.17) is 15.2 Å². The van der Waals surface area contributed by atoms with Crippen LogP contribution in [-0.2, 0) is 17.9 Å². The van der Waals surface area contributed by atoms with Gasteiger partial charge in [-0.15, -0.1) is 0 Å². The van der Waals surface area contributed by atoms with Gasteiger partial charge in [-0.1, -0.05) is 24.3 Å². The zero-order valence-electron chi connectivity index (χ0n) is 11.3. The van der Waals surface area contributed by atoms with Gasteiger partial charge in [0.15, 0.2) is 0 Å². The van der Waals surface area contributed by atoms with Crippen molar-refractivity contribution in [1.82, 2.24) is 0 Å². The van der Waals surface area contributed by atoms with E-state index in [1.54, 1.807) is 19.2 Å². The number of rotatable bonds is 5. The number of methoxy groups -OCH3 is 1. The van der Waals surface area contributed by atoms with Gasteiger partial charge in [-0.25, -0.2) is 4.79 Å². The highest BCUT2D eigenvalue weighted by molar-refractivity contribution is 5.89. The Morgan fingerprint density at radius 3 is 2.50 bits per heavy atom. The highest BCUT2D eigenvalue weighted by Crippen LogP contribution is 2.14. The first-order valence-corrected chi connectivity index (χ1v) is 6.32. The van der Waals surface area contributed by atoms with Crippen molar-refractivity contribution >= 4 is 5.97 Å². The van der Waals surface area contributed by atoms with Crippen LogP contribution in [0.1, 0.15) is 21.5 Å². The summed E-state index contributed by atoms with van der Waals surface area (Å²) in [7, 11) is 1.60. The molecular weight excluding hydrogens is 254 g/mol. The Hall–Kier alpha value is -2.33. The summed E-state index contributed by atoms with van der Waals surface area (Å²) >= 11 is 0. The molecule has 0 aliphatic carbocycles. The molecule has 2 rings (SSSR count). The molecule has 0 spiro atoms. The van der Waals surface area contributed by atoms with Crippen LogP contribution in [0.4, 0.5) is 0 Å². The summed E-state index contributed by atoms with van der Waals surface area (Å²) in [5, 5.41) is 0. The summed E-state index contributed by atoms with van der Waals surface area (Å²) in [5.74, 6) is 0.391. The predicted octanol–water partition coefficient (Wildman–Crippen LogP) is 2.51. The van der Waals surface area contributed by atoms with Crippen LogP contribution in [0.15, 0.2) is 48.5 Å².